The lowest BCUT2D eigenvalue weighted by molar-refractivity contribution is -0.308. The van der Waals surface area contributed by atoms with Gasteiger partial charge in [0.25, 0.3) is 0 Å². The van der Waals surface area contributed by atoms with Crippen LogP contribution in [-0.4, -0.2) is 5.97 Å². The molecular formula is C11H6F4IO2-. The van der Waals surface area contributed by atoms with Crippen molar-refractivity contribution in [1.82, 2.24) is 0 Å². The molecule has 1 atom stereocenters. The lowest BCUT2D eigenvalue weighted by Gasteiger charge is -2.18. The number of hydrogen-bond acceptors (Lipinski definition) is 2. The van der Waals surface area contributed by atoms with Gasteiger partial charge in [-0.25, -0.2) is 17.6 Å². The van der Waals surface area contributed by atoms with Crippen LogP contribution >= 0.6 is 22.6 Å². The third kappa shape index (κ3) is 3.01. The van der Waals surface area contributed by atoms with E-state index in [-0.39, 0.29) is 12.5 Å². The third-order valence-electron chi connectivity index (χ3n) is 2.24. The van der Waals surface area contributed by atoms with E-state index in [0.717, 1.165) is 0 Å². The minimum Gasteiger partial charge on any atom is -0.549 e. The quantitative estimate of drug-likeness (QED) is 0.462. The minimum absolute atomic E-state index is 0.0225. The Hall–Kier alpha value is -1.12. The van der Waals surface area contributed by atoms with Crippen molar-refractivity contribution >= 4 is 28.6 Å². The molecule has 7 heteroatoms. The highest BCUT2D eigenvalue weighted by molar-refractivity contribution is 14.1. The van der Waals surface area contributed by atoms with Crippen LogP contribution in [0.25, 0.3) is 0 Å². The molecule has 0 aliphatic carbocycles. The monoisotopic (exact) mass is 373 g/mol. The zero-order chi connectivity index (χ0) is 13.9. The number of carbonyl (C=O) groups excluding carboxylic acids is 1. The normalized spacial score (nSPS) is 12.9. The van der Waals surface area contributed by atoms with Crippen LogP contribution in [-0.2, 0) is 4.79 Å². The number of hydrogen-bond donors (Lipinski definition) is 0. The van der Waals surface area contributed by atoms with Crippen molar-refractivity contribution in [3.8, 4) is 0 Å². The first-order valence-corrected chi connectivity index (χ1v) is 5.93. The van der Waals surface area contributed by atoms with E-state index in [1.165, 1.54) is 10.2 Å². The molecule has 0 saturated carbocycles. The summed E-state index contributed by atoms with van der Waals surface area (Å²) in [6.45, 7) is 0. The number of rotatable bonds is 4. The number of carboxylic acids is 1. The highest BCUT2D eigenvalue weighted by Gasteiger charge is 2.26. The third-order valence-corrected chi connectivity index (χ3v) is 2.75. The summed E-state index contributed by atoms with van der Waals surface area (Å²) in [6, 6.07) is 0.0225. The Balaban J connectivity index is 3.40. The number of carboxylic acid groups (broad SMARTS) is 1. The van der Waals surface area contributed by atoms with Crippen molar-refractivity contribution in [2.45, 2.75) is 12.3 Å². The molecule has 1 aromatic carbocycles. The molecule has 0 aromatic heterocycles. The first kappa shape index (κ1) is 14.9. The first-order valence-electron chi connectivity index (χ1n) is 4.69. The fraction of sp³-hybridized carbons (Fsp3) is 0.182. The van der Waals surface area contributed by atoms with Crippen LogP contribution in [0.4, 0.5) is 17.6 Å². The number of carbonyl (C=O) groups is 1. The van der Waals surface area contributed by atoms with Crippen molar-refractivity contribution < 1.29 is 27.5 Å². The van der Waals surface area contributed by atoms with Crippen LogP contribution in [0.5, 0.6) is 0 Å². The zero-order valence-electron chi connectivity index (χ0n) is 8.72. The molecule has 0 radical (unpaired) electrons. The van der Waals surface area contributed by atoms with Crippen LogP contribution in [0.2, 0.25) is 0 Å². The van der Waals surface area contributed by atoms with Crippen molar-refractivity contribution in [3.63, 3.8) is 0 Å². The summed E-state index contributed by atoms with van der Waals surface area (Å²) in [5.74, 6) is -10.3. The lowest BCUT2D eigenvalue weighted by Crippen LogP contribution is -2.31. The molecule has 0 heterocycles. The number of allylic oxidation sites excluding steroid dienone is 1. The maximum atomic E-state index is 13.4. The molecular weight excluding hydrogens is 367 g/mol. The molecule has 0 aliphatic rings. The Kier molecular flexibility index (Phi) is 5.12. The minimum atomic E-state index is -1.81. The Morgan fingerprint density at radius 3 is 2.17 bits per heavy atom. The highest BCUT2D eigenvalue weighted by Crippen LogP contribution is 2.29. The topological polar surface area (TPSA) is 40.1 Å². The standard InChI is InChI=1S/C11H7F4IO2/c12-6-4-7(13)10(15)8(9(6)14)5(11(17)18)2-1-3-16/h1,3-5H,2H2,(H,17,18)/p-1. The summed E-state index contributed by atoms with van der Waals surface area (Å²) >= 11 is 1.76. The Morgan fingerprint density at radius 1 is 1.28 bits per heavy atom. The average molecular weight is 373 g/mol. The highest BCUT2D eigenvalue weighted by atomic mass is 127. The van der Waals surface area contributed by atoms with Gasteiger partial charge >= 0.3 is 0 Å². The molecule has 0 saturated heterocycles. The Morgan fingerprint density at radius 2 is 1.78 bits per heavy atom. The van der Waals surface area contributed by atoms with Gasteiger partial charge in [0.2, 0.25) is 0 Å². The van der Waals surface area contributed by atoms with Gasteiger partial charge in [-0.2, -0.15) is 0 Å². The van der Waals surface area contributed by atoms with E-state index in [9.17, 15) is 27.5 Å². The summed E-state index contributed by atoms with van der Waals surface area (Å²) in [7, 11) is 0. The molecule has 1 unspecified atom stereocenters. The van der Waals surface area contributed by atoms with Gasteiger partial charge in [0, 0.05) is 23.5 Å². The second-order valence-electron chi connectivity index (χ2n) is 3.35. The maximum Gasteiger partial charge on any atom is 0.165 e. The average Bonchev–Trinajstić information content (AvgIpc) is 2.30. The molecule has 18 heavy (non-hydrogen) atoms. The number of aliphatic carboxylic acids is 1. The van der Waals surface area contributed by atoms with E-state index in [0.29, 0.717) is 0 Å². The van der Waals surface area contributed by atoms with Gasteiger partial charge in [-0.1, -0.05) is 28.7 Å². The number of benzene rings is 1. The molecule has 0 bridgehead atoms. The van der Waals surface area contributed by atoms with Crippen LogP contribution in [0.1, 0.15) is 17.9 Å². The van der Waals surface area contributed by atoms with Crippen molar-refractivity contribution in [2.75, 3.05) is 0 Å². The molecule has 1 rings (SSSR count). The summed E-state index contributed by atoms with van der Waals surface area (Å²) in [4.78, 5) is 10.8. The van der Waals surface area contributed by atoms with E-state index >= 15 is 0 Å². The molecule has 0 fully saturated rings. The maximum absolute atomic E-state index is 13.4. The van der Waals surface area contributed by atoms with Crippen molar-refractivity contribution in [1.29, 1.82) is 0 Å². The van der Waals surface area contributed by atoms with Gasteiger partial charge in [-0.15, -0.1) is 0 Å². The van der Waals surface area contributed by atoms with E-state index in [4.69, 9.17) is 0 Å². The Labute approximate surface area is 113 Å². The van der Waals surface area contributed by atoms with Crippen LogP contribution < -0.4 is 5.11 Å². The zero-order valence-corrected chi connectivity index (χ0v) is 10.9. The van der Waals surface area contributed by atoms with Gasteiger partial charge in [-0.3, -0.25) is 0 Å². The molecule has 0 spiro atoms. The molecule has 0 N–H and O–H groups in total. The smallest absolute Gasteiger partial charge is 0.165 e. The van der Waals surface area contributed by atoms with Gasteiger partial charge < -0.3 is 9.90 Å². The molecule has 0 aliphatic heterocycles. The molecule has 98 valence electrons. The van der Waals surface area contributed by atoms with E-state index in [1.807, 2.05) is 0 Å². The van der Waals surface area contributed by atoms with Crippen LogP contribution in [0, 0.1) is 23.3 Å². The van der Waals surface area contributed by atoms with Crippen LogP contribution in [0.15, 0.2) is 16.2 Å². The van der Waals surface area contributed by atoms with Gasteiger partial charge in [0.1, 0.15) is 0 Å². The fourth-order valence-electron chi connectivity index (χ4n) is 1.42. The largest absolute Gasteiger partial charge is 0.549 e. The van der Waals surface area contributed by atoms with Gasteiger partial charge in [-0.05, 0) is 10.5 Å². The predicted octanol–water partition coefficient (Wildman–Crippen LogP) is 2.42. The second-order valence-corrected chi connectivity index (χ2v) is 4.07. The van der Waals surface area contributed by atoms with Crippen LogP contribution in [0.3, 0.4) is 0 Å². The molecule has 0 amide bonds. The molecule has 2 nitrogen and oxygen atoms in total. The summed E-state index contributed by atoms with van der Waals surface area (Å²) in [6.07, 6.45) is 0.963. The van der Waals surface area contributed by atoms with E-state index in [1.54, 1.807) is 22.6 Å². The number of halogens is 5. The lowest BCUT2D eigenvalue weighted by atomic mass is 9.94. The summed E-state index contributed by atoms with van der Waals surface area (Å²) < 4.78 is 54.1. The van der Waals surface area contributed by atoms with Gasteiger partial charge in [0.15, 0.2) is 23.3 Å². The molecule has 1 aromatic rings. The first-order chi connectivity index (χ1) is 8.40. The van der Waals surface area contributed by atoms with Crippen molar-refractivity contribution in [2.24, 2.45) is 0 Å². The van der Waals surface area contributed by atoms with E-state index < -0.39 is 40.7 Å². The van der Waals surface area contributed by atoms with Gasteiger partial charge in [0.05, 0.1) is 0 Å². The summed E-state index contributed by atoms with van der Waals surface area (Å²) in [5.41, 5.74) is -1.16. The Bertz CT molecular complexity index is 476. The van der Waals surface area contributed by atoms with E-state index in [2.05, 4.69) is 0 Å². The predicted molar refractivity (Wildman–Crippen MR) is 61.8 cm³/mol. The SMILES string of the molecule is O=C([O-])C(CC=CI)c1c(F)c(F)cc(F)c1F. The summed E-state index contributed by atoms with van der Waals surface area (Å²) in [5, 5.41) is 10.8. The van der Waals surface area contributed by atoms with Crippen molar-refractivity contribution in [3.05, 3.63) is 45.1 Å². The second kappa shape index (κ2) is 6.17. The fourth-order valence-corrected chi connectivity index (χ4v) is 1.71.